The third-order valence-electron chi connectivity index (χ3n) is 4.61. The van der Waals surface area contributed by atoms with Gasteiger partial charge < -0.3 is 10.1 Å². The number of hydrogen-bond donors (Lipinski definition) is 1. The number of carbonyl (C=O) groups is 2. The Hall–Kier alpha value is -4.01. The van der Waals surface area contributed by atoms with Crippen molar-refractivity contribution in [3.63, 3.8) is 0 Å². The molecule has 0 saturated carbocycles. The third kappa shape index (κ3) is 3.77. The van der Waals surface area contributed by atoms with Gasteiger partial charge in [-0.3, -0.25) is 14.2 Å². The number of hydrogen-bond acceptors (Lipinski definition) is 6. The smallest absolute Gasteiger partial charge is 0.341 e. The summed E-state index contributed by atoms with van der Waals surface area (Å²) in [6, 6.07) is 10.4. The van der Waals surface area contributed by atoms with Crippen molar-refractivity contribution < 1.29 is 14.3 Å². The summed E-state index contributed by atoms with van der Waals surface area (Å²) in [5, 5.41) is 7.40. The van der Waals surface area contributed by atoms with Crippen molar-refractivity contribution in [2.75, 3.05) is 11.9 Å². The van der Waals surface area contributed by atoms with E-state index in [4.69, 9.17) is 4.74 Å². The van der Waals surface area contributed by atoms with Crippen LogP contribution in [-0.2, 0) is 16.1 Å². The first-order valence-electron chi connectivity index (χ1n) is 9.45. The average molecular weight is 405 g/mol. The van der Waals surface area contributed by atoms with E-state index in [9.17, 15) is 14.4 Å². The highest BCUT2D eigenvalue weighted by Crippen LogP contribution is 2.17. The van der Waals surface area contributed by atoms with E-state index in [1.807, 2.05) is 6.07 Å². The predicted octanol–water partition coefficient (Wildman–Crippen LogP) is 2.25. The lowest BCUT2D eigenvalue weighted by Crippen LogP contribution is -2.23. The predicted molar refractivity (Wildman–Crippen MR) is 110 cm³/mol. The Balaban J connectivity index is 1.47. The summed E-state index contributed by atoms with van der Waals surface area (Å²) in [5.74, 6) is -0.740. The van der Waals surface area contributed by atoms with Crippen molar-refractivity contribution >= 4 is 34.0 Å². The van der Waals surface area contributed by atoms with Crippen molar-refractivity contribution in [3.05, 3.63) is 71.0 Å². The van der Waals surface area contributed by atoms with E-state index >= 15 is 0 Å². The lowest BCUT2D eigenvalue weighted by molar-refractivity contribution is -0.116. The Bertz CT molecular complexity index is 1310. The molecule has 0 atom stereocenters. The van der Waals surface area contributed by atoms with Gasteiger partial charge in [-0.25, -0.2) is 14.3 Å². The summed E-state index contributed by atoms with van der Waals surface area (Å²) in [5.41, 5.74) is 1.80. The molecule has 0 aliphatic rings. The molecule has 0 spiro atoms. The minimum atomic E-state index is -0.473. The van der Waals surface area contributed by atoms with E-state index in [-0.39, 0.29) is 31.0 Å². The van der Waals surface area contributed by atoms with Gasteiger partial charge in [0.05, 0.1) is 35.6 Å². The molecule has 3 aromatic heterocycles. The highest BCUT2D eigenvalue weighted by atomic mass is 16.5. The van der Waals surface area contributed by atoms with Crippen LogP contribution in [0.2, 0.25) is 0 Å². The third-order valence-corrected chi connectivity index (χ3v) is 4.61. The molecule has 9 nitrogen and oxygen atoms in total. The van der Waals surface area contributed by atoms with Gasteiger partial charge in [-0.2, -0.15) is 5.10 Å². The average Bonchev–Trinajstić information content (AvgIpc) is 3.17. The van der Waals surface area contributed by atoms with Crippen molar-refractivity contribution in [3.8, 4) is 0 Å². The molecule has 4 rings (SSSR count). The number of esters is 1. The zero-order valence-electron chi connectivity index (χ0n) is 16.2. The lowest BCUT2D eigenvalue weighted by atomic mass is 10.2. The molecular weight excluding hydrogens is 386 g/mol. The van der Waals surface area contributed by atoms with Gasteiger partial charge in [0.25, 0.3) is 5.56 Å². The summed E-state index contributed by atoms with van der Waals surface area (Å²) in [6.07, 6.45) is 4.61. The number of rotatable bonds is 6. The van der Waals surface area contributed by atoms with E-state index in [0.29, 0.717) is 27.7 Å². The normalized spacial score (nSPS) is 11.0. The van der Waals surface area contributed by atoms with Crippen molar-refractivity contribution in [1.82, 2.24) is 19.2 Å². The molecule has 4 aromatic rings. The number of benzene rings is 1. The maximum absolute atomic E-state index is 12.5. The molecular formula is C21H19N5O4. The fraction of sp³-hybridized carbons (Fsp3) is 0.190. The highest BCUT2D eigenvalue weighted by molar-refractivity contribution is 5.98. The number of amides is 1. The first-order valence-corrected chi connectivity index (χ1v) is 9.45. The number of anilines is 1. The second-order valence-corrected chi connectivity index (χ2v) is 6.58. The maximum Gasteiger partial charge on any atom is 0.341 e. The molecule has 3 heterocycles. The first kappa shape index (κ1) is 19.3. The Morgan fingerprint density at radius 1 is 1.20 bits per heavy atom. The molecule has 30 heavy (non-hydrogen) atoms. The molecule has 0 radical (unpaired) electrons. The molecule has 0 saturated heterocycles. The van der Waals surface area contributed by atoms with Gasteiger partial charge in [0, 0.05) is 24.8 Å². The summed E-state index contributed by atoms with van der Waals surface area (Å²) in [4.78, 5) is 41.2. The Labute approximate surface area is 170 Å². The molecule has 1 aromatic carbocycles. The largest absolute Gasteiger partial charge is 0.462 e. The SMILES string of the molecule is CCOC(=O)c1cnn2ccc(NC(=O)CCn3cnc4ccccc4c3=O)cc12. The monoisotopic (exact) mass is 405 g/mol. The van der Waals surface area contributed by atoms with Gasteiger partial charge in [-0.15, -0.1) is 0 Å². The van der Waals surface area contributed by atoms with Crippen molar-refractivity contribution in [2.24, 2.45) is 0 Å². The molecule has 1 N–H and O–H groups in total. The van der Waals surface area contributed by atoms with Crippen LogP contribution in [0.25, 0.3) is 16.4 Å². The summed E-state index contributed by atoms with van der Waals surface area (Å²) >= 11 is 0. The van der Waals surface area contributed by atoms with Gasteiger partial charge in [-0.1, -0.05) is 12.1 Å². The lowest BCUT2D eigenvalue weighted by Gasteiger charge is -2.08. The molecule has 152 valence electrons. The van der Waals surface area contributed by atoms with Crippen LogP contribution >= 0.6 is 0 Å². The minimum absolute atomic E-state index is 0.0924. The van der Waals surface area contributed by atoms with Crippen LogP contribution in [0.3, 0.4) is 0 Å². The highest BCUT2D eigenvalue weighted by Gasteiger charge is 2.14. The number of aryl methyl sites for hydroxylation is 1. The van der Waals surface area contributed by atoms with Crippen molar-refractivity contribution in [2.45, 2.75) is 19.9 Å². The van der Waals surface area contributed by atoms with Crippen LogP contribution in [0.15, 0.2) is 59.9 Å². The maximum atomic E-state index is 12.5. The van der Waals surface area contributed by atoms with E-state index in [0.717, 1.165) is 0 Å². The number of ether oxygens (including phenoxy) is 1. The quantitative estimate of drug-likeness (QED) is 0.493. The topological polar surface area (TPSA) is 108 Å². The van der Waals surface area contributed by atoms with Crippen LogP contribution in [0.1, 0.15) is 23.7 Å². The molecule has 0 fully saturated rings. The molecule has 0 bridgehead atoms. The Kier molecular flexibility index (Phi) is 5.25. The number of carbonyl (C=O) groups excluding carboxylic acids is 2. The van der Waals surface area contributed by atoms with Crippen LogP contribution in [0, 0.1) is 0 Å². The minimum Gasteiger partial charge on any atom is -0.462 e. The first-order chi connectivity index (χ1) is 14.6. The zero-order valence-corrected chi connectivity index (χ0v) is 16.2. The summed E-state index contributed by atoms with van der Waals surface area (Å²) in [6.45, 7) is 2.19. The van der Waals surface area contributed by atoms with Gasteiger partial charge in [0.15, 0.2) is 0 Å². The number of pyridine rings is 1. The summed E-state index contributed by atoms with van der Waals surface area (Å²) < 4.78 is 7.97. The Morgan fingerprint density at radius 2 is 2.03 bits per heavy atom. The van der Waals surface area contributed by atoms with E-state index in [2.05, 4.69) is 15.4 Å². The number of nitrogens with zero attached hydrogens (tertiary/aromatic N) is 4. The molecule has 9 heteroatoms. The molecule has 0 aliphatic carbocycles. The van der Waals surface area contributed by atoms with Gasteiger partial charge >= 0.3 is 5.97 Å². The van der Waals surface area contributed by atoms with E-state index in [1.165, 1.54) is 21.6 Å². The fourth-order valence-electron chi connectivity index (χ4n) is 3.14. The summed E-state index contributed by atoms with van der Waals surface area (Å²) in [7, 11) is 0. The molecule has 0 unspecified atom stereocenters. The van der Waals surface area contributed by atoms with Crippen molar-refractivity contribution in [1.29, 1.82) is 0 Å². The zero-order chi connectivity index (χ0) is 21.1. The number of fused-ring (bicyclic) bond motifs is 2. The number of para-hydroxylation sites is 1. The fourth-order valence-corrected chi connectivity index (χ4v) is 3.14. The standard InChI is InChI=1S/C21H19N5O4/c1-2-30-21(29)16-12-23-26-10-7-14(11-18(16)26)24-19(27)8-9-25-13-22-17-6-4-3-5-15(17)20(25)28/h3-7,10-13H,2,8-9H2,1H3,(H,24,27). The van der Waals surface area contributed by atoms with Crippen LogP contribution < -0.4 is 10.9 Å². The number of aromatic nitrogens is 4. The second kappa shape index (κ2) is 8.16. The van der Waals surface area contributed by atoms with Crippen LogP contribution in [0.5, 0.6) is 0 Å². The molecule has 1 amide bonds. The molecule has 0 aliphatic heterocycles. The van der Waals surface area contributed by atoms with E-state index in [1.54, 1.807) is 43.5 Å². The second-order valence-electron chi connectivity index (χ2n) is 6.58. The van der Waals surface area contributed by atoms with Crippen LogP contribution in [0.4, 0.5) is 5.69 Å². The van der Waals surface area contributed by atoms with Gasteiger partial charge in [0.1, 0.15) is 5.56 Å². The van der Waals surface area contributed by atoms with E-state index < -0.39 is 5.97 Å². The van der Waals surface area contributed by atoms with Gasteiger partial charge in [-0.05, 0) is 31.2 Å². The van der Waals surface area contributed by atoms with Gasteiger partial charge in [0.2, 0.25) is 5.91 Å². The Morgan fingerprint density at radius 3 is 2.87 bits per heavy atom. The van der Waals surface area contributed by atoms with Crippen LogP contribution in [-0.4, -0.2) is 37.6 Å². The number of nitrogens with one attached hydrogen (secondary N) is 1.